The number of hydrogen-bond donors (Lipinski definition) is 0. The molecule has 2 nitrogen and oxygen atoms in total. The standard InChI is InChI=1S/C25H44O2/c1-5-7-9-11-13-17-21(3)23-24(22(4)18-14-12-10-8-6-2)27-25(26-23)19-15-16-20-25/h9-12,21-24H,5-8,13-20H2,1-4H3/b11-9+,12-10+/t21-,22-,23-,24-/m0/s1. The Morgan fingerprint density at radius 2 is 1.15 bits per heavy atom. The van der Waals surface area contributed by atoms with Gasteiger partial charge in [0.05, 0.1) is 12.2 Å². The quantitative estimate of drug-likeness (QED) is 0.327. The van der Waals surface area contributed by atoms with Crippen LogP contribution in [0.15, 0.2) is 24.3 Å². The van der Waals surface area contributed by atoms with Crippen molar-refractivity contribution >= 4 is 0 Å². The minimum absolute atomic E-state index is 0.256. The van der Waals surface area contributed by atoms with Crippen molar-refractivity contribution in [2.24, 2.45) is 11.8 Å². The third-order valence-corrected chi connectivity index (χ3v) is 6.33. The molecule has 1 heterocycles. The Kier molecular flexibility index (Phi) is 10.1. The maximum Gasteiger partial charge on any atom is 0.169 e. The molecule has 0 unspecified atom stereocenters. The highest BCUT2D eigenvalue weighted by atomic mass is 16.8. The lowest BCUT2D eigenvalue weighted by molar-refractivity contribution is -0.175. The molecule has 4 atom stereocenters. The summed E-state index contributed by atoms with van der Waals surface area (Å²) in [5.74, 6) is 0.854. The maximum absolute atomic E-state index is 6.66. The van der Waals surface area contributed by atoms with Crippen LogP contribution in [-0.4, -0.2) is 18.0 Å². The molecular weight excluding hydrogens is 332 g/mol. The van der Waals surface area contributed by atoms with Crippen LogP contribution in [0.3, 0.4) is 0 Å². The Labute approximate surface area is 168 Å². The van der Waals surface area contributed by atoms with E-state index in [9.17, 15) is 0 Å². The fourth-order valence-corrected chi connectivity index (χ4v) is 4.54. The fourth-order valence-electron chi connectivity index (χ4n) is 4.54. The molecule has 156 valence electrons. The fraction of sp³-hybridized carbons (Fsp3) is 0.840. The van der Waals surface area contributed by atoms with Crippen LogP contribution in [-0.2, 0) is 9.47 Å². The molecule has 1 saturated carbocycles. The third-order valence-electron chi connectivity index (χ3n) is 6.33. The third kappa shape index (κ3) is 7.06. The summed E-state index contributed by atoms with van der Waals surface area (Å²) >= 11 is 0. The van der Waals surface area contributed by atoms with E-state index >= 15 is 0 Å². The Balaban J connectivity index is 1.91. The molecule has 0 radical (unpaired) electrons. The van der Waals surface area contributed by atoms with Gasteiger partial charge in [-0.05, 0) is 63.2 Å². The summed E-state index contributed by atoms with van der Waals surface area (Å²) in [5.41, 5.74) is 0. The lowest BCUT2D eigenvalue weighted by Gasteiger charge is -2.27. The van der Waals surface area contributed by atoms with Crippen LogP contribution < -0.4 is 0 Å². The van der Waals surface area contributed by atoms with Crippen LogP contribution in [0.2, 0.25) is 0 Å². The molecule has 1 spiro atoms. The molecule has 2 fully saturated rings. The van der Waals surface area contributed by atoms with E-state index in [0.717, 1.165) is 25.7 Å². The molecule has 2 heteroatoms. The SMILES string of the molecule is CCC/C=C/CC[C@H](C)[C@@H]1OC2(CCCC2)O[C@H]1[C@@H](C)CC/C=C/CCC. The molecule has 27 heavy (non-hydrogen) atoms. The van der Waals surface area contributed by atoms with Crippen molar-refractivity contribution in [2.45, 2.75) is 123 Å². The maximum atomic E-state index is 6.66. The molecule has 0 aromatic heterocycles. The topological polar surface area (TPSA) is 18.5 Å². The van der Waals surface area contributed by atoms with Gasteiger partial charge in [-0.3, -0.25) is 0 Å². The predicted octanol–water partition coefficient (Wildman–Crippen LogP) is 7.59. The molecule has 1 saturated heterocycles. The summed E-state index contributed by atoms with van der Waals surface area (Å²) in [5, 5.41) is 0. The normalized spacial score (nSPS) is 27.3. The average Bonchev–Trinajstić information content (AvgIpc) is 3.28. The second-order valence-corrected chi connectivity index (χ2v) is 8.91. The van der Waals surface area contributed by atoms with Crippen LogP contribution in [0, 0.1) is 11.8 Å². The zero-order valence-corrected chi connectivity index (χ0v) is 18.4. The van der Waals surface area contributed by atoms with Crippen molar-refractivity contribution in [2.75, 3.05) is 0 Å². The first-order valence-corrected chi connectivity index (χ1v) is 11.8. The molecule has 0 amide bonds. The van der Waals surface area contributed by atoms with Crippen LogP contribution in [0.4, 0.5) is 0 Å². The number of ether oxygens (including phenoxy) is 2. The van der Waals surface area contributed by atoms with Crippen molar-refractivity contribution < 1.29 is 9.47 Å². The first-order valence-electron chi connectivity index (χ1n) is 11.8. The lowest BCUT2D eigenvalue weighted by atomic mass is 9.87. The second kappa shape index (κ2) is 12.1. The summed E-state index contributed by atoms with van der Waals surface area (Å²) in [6.07, 6.45) is 24.2. The number of unbranched alkanes of at least 4 members (excludes halogenated alkanes) is 2. The Hall–Kier alpha value is -0.600. The van der Waals surface area contributed by atoms with E-state index in [-0.39, 0.29) is 18.0 Å². The highest BCUT2D eigenvalue weighted by molar-refractivity contribution is 4.95. The van der Waals surface area contributed by atoms with Crippen molar-refractivity contribution in [1.29, 1.82) is 0 Å². The van der Waals surface area contributed by atoms with Crippen LogP contribution in [0.25, 0.3) is 0 Å². The van der Waals surface area contributed by atoms with Gasteiger partial charge >= 0.3 is 0 Å². The van der Waals surface area contributed by atoms with Gasteiger partial charge in [-0.25, -0.2) is 0 Å². The minimum Gasteiger partial charge on any atom is -0.344 e. The average molecular weight is 377 g/mol. The molecule has 2 aliphatic rings. The zero-order valence-electron chi connectivity index (χ0n) is 18.4. The number of hydrogen-bond acceptors (Lipinski definition) is 2. The van der Waals surface area contributed by atoms with E-state index in [2.05, 4.69) is 52.0 Å². The summed E-state index contributed by atoms with van der Waals surface area (Å²) < 4.78 is 13.3. The van der Waals surface area contributed by atoms with Gasteiger partial charge in [0.15, 0.2) is 5.79 Å². The van der Waals surface area contributed by atoms with Crippen molar-refractivity contribution in [3.8, 4) is 0 Å². The molecule has 1 aliphatic heterocycles. The smallest absolute Gasteiger partial charge is 0.169 e. The summed E-state index contributed by atoms with van der Waals surface area (Å²) in [4.78, 5) is 0. The summed E-state index contributed by atoms with van der Waals surface area (Å²) in [7, 11) is 0. The Morgan fingerprint density at radius 3 is 1.56 bits per heavy atom. The number of allylic oxidation sites excluding steroid dienone is 4. The van der Waals surface area contributed by atoms with Gasteiger partial charge in [-0.15, -0.1) is 0 Å². The van der Waals surface area contributed by atoms with Gasteiger partial charge in [0.25, 0.3) is 0 Å². The van der Waals surface area contributed by atoms with E-state index in [0.29, 0.717) is 11.8 Å². The molecular formula is C25H44O2. The predicted molar refractivity (Wildman–Crippen MR) is 116 cm³/mol. The highest BCUT2D eigenvalue weighted by Gasteiger charge is 2.51. The highest BCUT2D eigenvalue weighted by Crippen LogP contribution is 2.46. The van der Waals surface area contributed by atoms with Crippen LogP contribution in [0.5, 0.6) is 0 Å². The minimum atomic E-state index is -0.256. The first-order chi connectivity index (χ1) is 13.1. The lowest BCUT2D eigenvalue weighted by Crippen LogP contribution is -2.34. The van der Waals surface area contributed by atoms with Crippen LogP contribution >= 0.6 is 0 Å². The van der Waals surface area contributed by atoms with E-state index in [4.69, 9.17) is 9.47 Å². The van der Waals surface area contributed by atoms with Crippen molar-refractivity contribution in [3.05, 3.63) is 24.3 Å². The van der Waals surface area contributed by atoms with E-state index in [1.807, 2.05) is 0 Å². The van der Waals surface area contributed by atoms with Gasteiger partial charge in [0.1, 0.15) is 0 Å². The van der Waals surface area contributed by atoms with Gasteiger partial charge in [-0.1, -0.05) is 64.8 Å². The number of rotatable bonds is 12. The molecule has 0 aromatic rings. The van der Waals surface area contributed by atoms with Crippen molar-refractivity contribution in [1.82, 2.24) is 0 Å². The zero-order chi connectivity index (χ0) is 19.5. The van der Waals surface area contributed by atoms with E-state index in [1.165, 1.54) is 51.4 Å². The molecule has 0 aromatic carbocycles. The molecule has 2 rings (SSSR count). The largest absolute Gasteiger partial charge is 0.344 e. The second-order valence-electron chi connectivity index (χ2n) is 8.91. The summed E-state index contributed by atoms with van der Waals surface area (Å²) in [6, 6.07) is 0. The van der Waals surface area contributed by atoms with Crippen LogP contribution in [0.1, 0.15) is 105 Å². The van der Waals surface area contributed by atoms with Gasteiger partial charge in [0.2, 0.25) is 0 Å². The Morgan fingerprint density at radius 1 is 0.741 bits per heavy atom. The van der Waals surface area contributed by atoms with Gasteiger partial charge in [0, 0.05) is 12.8 Å². The van der Waals surface area contributed by atoms with Crippen molar-refractivity contribution in [3.63, 3.8) is 0 Å². The molecule has 0 N–H and O–H groups in total. The monoisotopic (exact) mass is 376 g/mol. The summed E-state index contributed by atoms with van der Waals surface area (Å²) in [6.45, 7) is 9.22. The van der Waals surface area contributed by atoms with Gasteiger partial charge in [-0.2, -0.15) is 0 Å². The van der Waals surface area contributed by atoms with E-state index < -0.39 is 0 Å². The van der Waals surface area contributed by atoms with Gasteiger partial charge < -0.3 is 9.47 Å². The Bertz CT molecular complexity index is 411. The first kappa shape index (κ1) is 22.7. The molecule has 0 bridgehead atoms. The molecule has 1 aliphatic carbocycles. The van der Waals surface area contributed by atoms with E-state index in [1.54, 1.807) is 0 Å².